The SMILES string of the molecule is CCCCCCCC/C=C\CCCCCCCCCC(=O)OC(COC(=O)CCCCCCCCCCCCC)COC1OC(COC2OC(CO)C(O)C(O)C2O)C(O)C(O)C1O. The van der Waals surface area contributed by atoms with E-state index in [-0.39, 0.29) is 26.1 Å². The van der Waals surface area contributed by atoms with Crippen LogP contribution in [0.4, 0.5) is 0 Å². The molecule has 376 valence electrons. The maximum Gasteiger partial charge on any atom is 0.306 e. The van der Waals surface area contributed by atoms with E-state index in [2.05, 4.69) is 26.0 Å². The van der Waals surface area contributed by atoms with E-state index < -0.39 is 92.7 Å². The Morgan fingerprint density at radius 2 is 0.891 bits per heavy atom. The van der Waals surface area contributed by atoms with Crippen LogP contribution >= 0.6 is 0 Å². The van der Waals surface area contributed by atoms with Crippen LogP contribution in [0.25, 0.3) is 0 Å². The molecule has 15 nitrogen and oxygen atoms in total. The van der Waals surface area contributed by atoms with Gasteiger partial charge in [0.25, 0.3) is 0 Å². The quantitative estimate of drug-likeness (QED) is 0.0196. The number of allylic oxidation sites excluding steroid dienone is 2. The van der Waals surface area contributed by atoms with Crippen molar-refractivity contribution in [3.05, 3.63) is 12.2 Å². The predicted octanol–water partition coefficient (Wildman–Crippen LogP) is 6.60. The monoisotopic (exact) mass is 919 g/mol. The van der Waals surface area contributed by atoms with E-state index in [0.717, 1.165) is 51.4 Å². The minimum atomic E-state index is -1.76. The lowest BCUT2D eigenvalue weighted by Crippen LogP contribution is -2.61. The molecule has 15 heteroatoms. The summed E-state index contributed by atoms with van der Waals surface area (Å²) in [5.41, 5.74) is 0. The van der Waals surface area contributed by atoms with Gasteiger partial charge in [-0.15, -0.1) is 0 Å². The Bertz CT molecular complexity index is 1170. The number of unbranched alkanes of at least 4 members (excludes halogenated alkanes) is 23. The molecular weight excluding hydrogens is 829 g/mol. The Hall–Kier alpha value is -1.76. The summed E-state index contributed by atoms with van der Waals surface area (Å²) in [4.78, 5) is 25.7. The van der Waals surface area contributed by atoms with E-state index in [9.17, 15) is 45.3 Å². The number of carbonyl (C=O) groups excluding carboxylic acids is 2. The van der Waals surface area contributed by atoms with Crippen molar-refractivity contribution in [2.45, 2.75) is 261 Å². The molecule has 2 aliphatic rings. The van der Waals surface area contributed by atoms with Crippen molar-refractivity contribution in [1.82, 2.24) is 0 Å². The van der Waals surface area contributed by atoms with E-state index >= 15 is 0 Å². The number of hydrogen-bond donors (Lipinski definition) is 7. The summed E-state index contributed by atoms with van der Waals surface area (Å²) in [6.45, 7) is 2.58. The number of ether oxygens (including phenoxy) is 6. The van der Waals surface area contributed by atoms with Crippen LogP contribution in [0.15, 0.2) is 12.2 Å². The Balaban J connectivity index is 1.81. The number of aliphatic hydroxyl groups excluding tert-OH is 7. The molecule has 0 bridgehead atoms. The van der Waals surface area contributed by atoms with E-state index in [1.165, 1.54) is 103 Å². The first-order valence-electron chi connectivity index (χ1n) is 25.3. The van der Waals surface area contributed by atoms with E-state index in [4.69, 9.17) is 28.4 Å². The standard InChI is InChI=1S/C49H90O15/c1-3-5-7-9-11-13-15-16-17-18-19-20-22-24-26-28-30-32-41(52)62-37(34-59-40(51)31-29-27-25-23-21-14-12-10-8-6-4-2)35-60-48-47(58)45(56)43(54)39(64-48)36-61-49-46(57)44(55)42(53)38(33-50)63-49/h16-17,37-39,42-50,53-58H,3-15,18-36H2,1-2H3/b17-16-. The average Bonchev–Trinajstić information content (AvgIpc) is 3.29. The molecule has 2 aliphatic heterocycles. The molecule has 0 radical (unpaired) electrons. The fourth-order valence-corrected chi connectivity index (χ4v) is 8.04. The minimum Gasteiger partial charge on any atom is -0.462 e. The highest BCUT2D eigenvalue weighted by atomic mass is 16.7. The third-order valence-corrected chi connectivity index (χ3v) is 12.2. The predicted molar refractivity (Wildman–Crippen MR) is 243 cm³/mol. The van der Waals surface area contributed by atoms with Crippen molar-refractivity contribution in [3.63, 3.8) is 0 Å². The van der Waals surface area contributed by atoms with Gasteiger partial charge in [0.15, 0.2) is 18.7 Å². The molecule has 64 heavy (non-hydrogen) atoms. The molecule has 11 atom stereocenters. The topological polar surface area (TPSA) is 231 Å². The molecule has 2 heterocycles. The van der Waals surface area contributed by atoms with Crippen LogP contribution in [0, 0.1) is 0 Å². The van der Waals surface area contributed by atoms with Gasteiger partial charge in [0, 0.05) is 12.8 Å². The highest BCUT2D eigenvalue weighted by molar-refractivity contribution is 5.70. The first kappa shape index (κ1) is 58.4. The second-order valence-corrected chi connectivity index (χ2v) is 18.0. The summed E-state index contributed by atoms with van der Waals surface area (Å²) in [5.74, 6) is -0.923. The Morgan fingerprint density at radius 3 is 1.38 bits per heavy atom. The van der Waals surface area contributed by atoms with Crippen molar-refractivity contribution in [2.75, 3.05) is 26.4 Å². The first-order valence-corrected chi connectivity index (χ1v) is 25.3. The van der Waals surface area contributed by atoms with E-state index in [1.807, 2.05) is 0 Å². The molecule has 0 aromatic rings. The molecule has 0 aliphatic carbocycles. The fourth-order valence-electron chi connectivity index (χ4n) is 8.04. The lowest BCUT2D eigenvalue weighted by atomic mass is 9.98. The van der Waals surface area contributed by atoms with Crippen LogP contribution < -0.4 is 0 Å². The lowest BCUT2D eigenvalue weighted by molar-refractivity contribution is -0.332. The van der Waals surface area contributed by atoms with Crippen molar-refractivity contribution in [2.24, 2.45) is 0 Å². The lowest BCUT2D eigenvalue weighted by Gasteiger charge is -2.42. The molecule has 0 spiro atoms. The largest absolute Gasteiger partial charge is 0.462 e. The Morgan fingerprint density at radius 1 is 0.484 bits per heavy atom. The zero-order valence-electron chi connectivity index (χ0n) is 39.5. The highest BCUT2D eigenvalue weighted by Gasteiger charge is 2.47. The summed E-state index contributed by atoms with van der Waals surface area (Å²) in [5, 5.41) is 72.0. The van der Waals surface area contributed by atoms with Gasteiger partial charge in [0.2, 0.25) is 0 Å². The van der Waals surface area contributed by atoms with Crippen molar-refractivity contribution >= 4 is 11.9 Å². The van der Waals surface area contributed by atoms with Gasteiger partial charge in [-0.1, -0.05) is 154 Å². The maximum absolute atomic E-state index is 13.0. The smallest absolute Gasteiger partial charge is 0.306 e. The summed E-state index contributed by atoms with van der Waals surface area (Å²) in [6.07, 6.45) is 18.1. The van der Waals surface area contributed by atoms with Crippen LogP contribution in [0.2, 0.25) is 0 Å². The van der Waals surface area contributed by atoms with Gasteiger partial charge in [0.1, 0.15) is 55.4 Å². The third kappa shape index (κ3) is 25.4. The van der Waals surface area contributed by atoms with Gasteiger partial charge in [-0.3, -0.25) is 9.59 Å². The van der Waals surface area contributed by atoms with Crippen molar-refractivity contribution in [1.29, 1.82) is 0 Å². The second kappa shape index (κ2) is 37.2. The van der Waals surface area contributed by atoms with Gasteiger partial charge in [0.05, 0.1) is 19.8 Å². The minimum absolute atomic E-state index is 0.164. The zero-order valence-corrected chi connectivity index (χ0v) is 39.5. The Labute approximate surface area is 384 Å². The molecule has 0 aromatic heterocycles. The van der Waals surface area contributed by atoms with Gasteiger partial charge in [-0.25, -0.2) is 0 Å². The molecule has 2 fully saturated rings. The molecular formula is C49H90O15. The Kier molecular flexibility index (Phi) is 34.0. The molecule has 0 amide bonds. The molecule has 7 N–H and O–H groups in total. The van der Waals surface area contributed by atoms with E-state index in [0.29, 0.717) is 12.8 Å². The highest BCUT2D eigenvalue weighted by Crippen LogP contribution is 2.26. The zero-order chi connectivity index (χ0) is 46.8. The number of hydrogen-bond acceptors (Lipinski definition) is 15. The van der Waals surface area contributed by atoms with Crippen molar-refractivity contribution in [3.8, 4) is 0 Å². The number of aliphatic hydroxyl groups is 7. The number of carbonyl (C=O) groups is 2. The van der Waals surface area contributed by atoms with Gasteiger partial charge < -0.3 is 64.2 Å². The number of rotatable bonds is 39. The molecule has 0 aromatic carbocycles. The molecule has 0 saturated carbocycles. The van der Waals surface area contributed by atoms with Gasteiger partial charge in [-0.2, -0.15) is 0 Å². The fraction of sp³-hybridized carbons (Fsp3) is 0.918. The van der Waals surface area contributed by atoms with Crippen LogP contribution in [-0.2, 0) is 38.0 Å². The van der Waals surface area contributed by atoms with Gasteiger partial charge >= 0.3 is 11.9 Å². The maximum atomic E-state index is 13.0. The van der Waals surface area contributed by atoms with E-state index in [1.54, 1.807) is 0 Å². The summed E-state index contributed by atoms with van der Waals surface area (Å²) < 4.78 is 33.5. The third-order valence-electron chi connectivity index (χ3n) is 12.2. The normalized spacial score (nSPS) is 26.6. The van der Waals surface area contributed by atoms with Crippen LogP contribution in [0.3, 0.4) is 0 Å². The van der Waals surface area contributed by atoms with Crippen molar-refractivity contribution < 1.29 is 73.8 Å². The van der Waals surface area contributed by atoms with Crippen LogP contribution in [0.5, 0.6) is 0 Å². The number of esters is 2. The molecule has 2 saturated heterocycles. The first-order chi connectivity index (χ1) is 31.0. The second-order valence-electron chi connectivity index (χ2n) is 18.0. The average molecular weight is 919 g/mol. The summed E-state index contributed by atoms with van der Waals surface area (Å²) >= 11 is 0. The van der Waals surface area contributed by atoms with Gasteiger partial charge in [-0.05, 0) is 38.5 Å². The van der Waals surface area contributed by atoms with Crippen LogP contribution in [0.1, 0.15) is 194 Å². The summed E-state index contributed by atoms with van der Waals surface area (Å²) in [7, 11) is 0. The molecule has 11 unspecified atom stereocenters. The summed E-state index contributed by atoms with van der Waals surface area (Å²) in [6, 6.07) is 0. The van der Waals surface area contributed by atoms with Crippen LogP contribution in [-0.4, -0.2) is 142 Å². The molecule has 2 rings (SSSR count).